The molecule has 0 aliphatic carbocycles. The maximum atomic E-state index is 4.32. The third kappa shape index (κ3) is 2.92. The van der Waals surface area contributed by atoms with Gasteiger partial charge in [0.05, 0.1) is 8.79 Å². The zero-order valence-corrected chi connectivity index (χ0v) is 13.3. The summed E-state index contributed by atoms with van der Waals surface area (Å²) in [5, 5.41) is 6.52. The summed E-state index contributed by atoms with van der Waals surface area (Å²) in [6, 6.07) is 2.49. The molecule has 0 aromatic carbocycles. The minimum absolute atomic E-state index is 0.332. The molecule has 0 aliphatic heterocycles. The van der Waals surface area contributed by atoms with Crippen molar-refractivity contribution in [3.8, 4) is 0 Å². The molecule has 2 nitrogen and oxygen atoms in total. The Morgan fingerprint density at radius 1 is 1.50 bits per heavy atom. The van der Waals surface area contributed by atoms with Gasteiger partial charge in [-0.15, -0.1) is 22.7 Å². The average molecular weight is 382 g/mol. The Morgan fingerprint density at radius 2 is 2.31 bits per heavy atom. The first-order valence-corrected chi connectivity index (χ1v) is 7.99. The second-order valence-corrected chi connectivity index (χ2v) is 7.48. The van der Waals surface area contributed by atoms with Crippen LogP contribution in [0.3, 0.4) is 0 Å². The van der Waals surface area contributed by atoms with E-state index >= 15 is 0 Å². The van der Waals surface area contributed by atoms with E-state index in [-0.39, 0.29) is 0 Å². The van der Waals surface area contributed by atoms with E-state index in [2.05, 4.69) is 48.2 Å². The average Bonchev–Trinajstić information content (AvgIpc) is 2.86. The van der Waals surface area contributed by atoms with E-state index in [4.69, 9.17) is 0 Å². The standard InChI is InChI=1S/C10H10Br2N2S2/c1-13-7(5-9-14-2-3-15-9)8-4-6(11)10(12)16-8/h2-4,7,13H,5H2,1H3. The van der Waals surface area contributed by atoms with Gasteiger partial charge in [0.15, 0.2) is 0 Å². The van der Waals surface area contributed by atoms with E-state index in [1.165, 1.54) is 9.88 Å². The van der Waals surface area contributed by atoms with E-state index < -0.39 is 0 Å². The summed E-state index contributed by atoms with van der Waals surface area (Å²) in [5.74, 6) is 0. The first-order valence-electron chi connectivity index (χ1n) is 4.71. The fourth-order valence-electron chi connectivity index (χ4n) is 1.41. The molecule has 0 aliphatic rings. The first kappa shape index (κ1) is 12.7. The highest BCUT2D eigenvalue weighted by atomic mass is 79.9. The van der Waals surface area contributed by atoms with Crippen molar-refractivity contribution >= 4 is 54.5 Å². The molecule has 1 atom stereocenters. The number of rotatable bonds is 4. The number of thiazole rings is 1. The highest BCUT2D eigenvalue weighted by molar-refractivity contribution is 9.13. The molecule has 2 heterocycles. The quantitative estimate of drug-likeness (QED) is 0.856. The number of thiophene rings is 1. The van der Waals surface area contributed by atoms with Crippen molar-refractivity contribution < 1.29 is 0 Å². The summed E-state index contributed by atoms with van der Waals surface area (Å²) in [6.45, 7) is 0. The summed E-state index contributed by atoms with van der Waals surface area (Å²) in [5.41, 5.74) is 0. The molecule has 0 amide bonds. The maximum absolute atomic E-state index is 4.32. The number of likely N-dealkylation sites (N-methyl/N-ethyl adjacent to an activating group) is 1. The van der Waals surface area contributed by atoms with Gasteiger partial charge in [-0.05, 0) is 45.0 Å². The number of halogens is 2. The van der Waals surface area contributed by atoms with Crippen LogP contribution in [0.1, 0.15) is 15.9 Å². The lowest BCUT2D eigenvalue weighted by molar-refractivity contribution is 0.600. The zero-order valence-electron chi connectivity index (χ0n) is 8.54. The molecule has 0 saturated heterocycles. The highest BCUT2D eigenvalue weighted by Crippen LogP contribution is 2.36. The third-order valence-corrected chi connectivity index (χ3v) is 6.39. The number of hydrogen-bond donors (Lipinski definition) is 1. The smallest absolute Gasteiger partial charge is 0.0944 e. The molecule has 2 aromatic rings. The Kier molecular flexibility index (Phi) is 4.55. The van der Waals surface area contributed by atoms with Crippen molar-refractivity contribution in [2.45, 2.75) is 12.5 Å². The third-order valence-electron chi connectivity index (χ3n) is 2.22. The first-order chi connectivity index (χ1) is 7.70. The van der Waals surface area contributed by atoms with Crippen molar-refractivity contribution in [1.29, 1.82) is 0 Å². The van der Waals surface area contributed by atoms with Crippen LogP contribution in [0.5, 0.6) is 0 Å². The number of hydrogen-bond acceptors (Lipinski definition) is 4. The second kappa shape index (κ2) is 5.73. The van der Waals surface area contributed by atoms with Crippen LogP contribution < -0.4 is 5.32 Å². The van der Waals surface area contributed by atoms with Crippen molar-refractivity contribution in [3.63, 3.8) is 0 Å². The lowest BCUT2D eigenvalue weighted by Gasteiger charge is -2.12. The fourth-order valence-corrected chi connectivity index (χ4v) is 4.27. The Morgan fingerprint density at radius 3 is 2.81 bits per heavy atom. The fraction of sp³-hybridized carbons (Fsp3) is 0.300. The molecule has 0 radical (unpaired) electrons. The molecular weight excluding hydrogens is 372 g/mol. The summed E-state index contributed by atoms with van der Waals surface area (Å²) in [7, 11) is 1.99. The van der Waals surface area contributed by atoms with E-state index in [0.29, 0.717) is 6.04 Å². The van der Waals surface area contributed by atoms with Crippen LogP contribution in [0.15, 0.2) is 25.9 Å². The van der Waals surface area contributed by atoms with Crippen molar-refractivity contribution in [3.05, 3.63) is 35.8 Å². The van der Waals surface area contributed by atoms with Crippen molar-refractivity contribution in [1.82, 2.24) is 10.3 Å². The number of nitrogens with zero attached hydrogens (tertiary/aromatic N) is 1. The minimum atomic E-state index is 0.332. The molecule has 0 fully saturated rings. The van der Waals surface area contributed by atoms with Gasteiger partial charge in [-0.2, -0.15) is 0 Å². The zero-order chi connectivity index (χ0) is 11.5. The van der Waals surface area contributed by atoms with Crippen LogP contribution in [0.4, 0.5) is 0 Å². The number of aromatic nitrogens is 1. The lowest BCUT2D eigenvalue weighted by Crippen LogP contribution is -2.17. The van der Waals surface area contributed by atoms with Gasteiger partial charge in [0, 0.05) is 33.4 Å². The van der Waals surface area contributed by atoms with E-state index in [0.717, 1.165) is 14.7 Å². The van der Waals surface area contributed by atoms with Crippen LogP contribution in [0.25, 0.3) is 0 Å². The molecular formula is C10H10Br2N2S2. The normalized spacial score (nSPS) is 12.9. The van der Waals surface area contributed by atoms with Gasteiger partial charge in [0.25, 0.3) is 0 Å². The van der Waals surface area contributed by atoms with E-state index in [9.17, 15) is 0 Å². The Balaban J connectivity index is 2.16. The van der Waals surface area contributed by atoms with Gasteiger partial charge in [0.2, 0.25) is 0 Å². The monoisotopic (exact) mass is 380 g/mol. The molecule has 2 aromatic heterocycles. The highest BCUT2D eigenvalue weighted by Gasteiger charge is 2.15. The minimum Gasteiger partial charge on any atom is -0.312 e. The lowest BCUT2D eigenvalue weighted by atomic mass is 10.2. The molecule has 1 N–H and O–H groups in total. The van der Waals surface area contributed by atoms with Gasteiger partial charge in [-0.25, -0.2) is 4.98 Å². The van der Waals surface area contributed by atoms with Gasteiger partial charge < -0.3 is 5.32 Å². The molecule has 2 rings (SSSR count). The SMILES string of the molecule is CNC(Cc1nccs1)c1cc(Br)c(Br)s1. The molecule has 0 bridgehead atoms. The van der Waals surface area contributed by atoms with Crippen LogP contribution >= 0.6 is 54.5 Å². The van der Waals surface area contributed by atoms with E-state index in [1.54, 1.807) is 22.7 Å². The molecule has 6 heteroatoms. The summed E-state index contributed by atoms with van der Waals surface area (Å²) >= 11 is 10.5. The topological polar surface area (TPSA) is 24.9 Å². The van der Waals surface area contributed by atoms with E-state index in [1.807, 2.05) is 18.6 Å². The van der Waals surface area contributed by atoms with Gasteiger partial charge in [0.1, 0.15) is 0 Å². The molecule has 16 heavy (non-hydrogen) atoms. The van der Waals surface area contributed by atoms with Crippen LogP contribution in [-0.4, -0.2) is 12.0 Å². The predicted octanol–water partition coefficient (Wildman–Crippen LogP) is 4.23. The van der Waals surface area contributed by atoms with Gasteiger partial charge in [-0.1, -0.05) is 0 Å². The molecule has 1 unspecified atom stereocenters. The summed E-state index contributed by atoms with van der Waals surface area (Å²) in [6.07, 6.45) is 2.79. The second-order valence-electron chi connectivity index (χ2n) is 3.24. The van der Waals surface area contributed by atoms with Crippen molar-refractivity contribution in [2.75, 3.05) is 7.05 Å². The molecule has 86 valence electrons. The predicted molar refractivity (Wildman–Crippen MR) is 77.3 cm³/mol. The molecule has 0 spiro atoms. The number of nitrogens with one attached hydrogen (secondary N) is 1. The Hall–Kier alpha value is 0.250. The van der Waals surface area contributed by atoms with Crippen molar-refractivity contribution in [2.24, 2.45) is 0 Å². The Labute approximate surface area is 119 Å². The maximum Gasteiger partial charge on any atom is 0.0944 e. The summed E-state index contributed by atoms with van der Waals surface area (Å²) < 4.78 is 2.26. The summed E-state index contributed by atoms with van der Waals surface area (Å²) in [4.78, 5) is 5.63. The van der Waals surface area contributed by atoms with Gasteiger partial charge in [-0.3, -0.25) is 0 Å². The van der Waals surface area contributed by atoms with Crippen LogP contribution in [-0.2, 0) is 6.42 Å². The largest absolute Gasteiger partial charge is 0.312 e. The Bertz CT molecular complexity index is 434. The molecule has 0 saturated carbocycles. The van der Waals surface area contributed by atoms with Crippen LogP contribution in [0, 0.1) is 0 Å². The van der Waals surface area contributed by atoms with Crippen LogP contribution in [0.2, 0.25) is 0 Å². The van der Waals surface area contributed by atoms with Gasteiger partial charge >= 0.3 is 0 Å².